The molecule has 0 aliphatic heterocycles. The number of aldehydes is 1. The van der Waals surface area contributed by atoms with Gasteiger partial charge in [0.2, 0.25) is 5.78 Å². The number of hydrogen-bond acceptors (Lipinski definition) is 3. The van der Waals surface area contributed by atoms with Crippen molar-refractivity contribution in [1.82, 2.24) is 0 Å². The van der Waals surface area contributed by atoms with Gasteiger partial charge in [0, 0.05) is 5.88 Å². The van der Waals surface area contributed by atoms with Crippen LogP contribution in [0.4, 0.5) is 0 Å². The number of rotatable bonds is 4. The summed E-state index contributed by atoms with van der Waals surface area (Å²) >= 11 is 5.25. The van der Waals surface area contributed by atoms with Gasteiger partial charge in [-0.05, 0) is 6.42 Å². The maximum absolute atomic E-state index is 10.4. The first-order valence-electron chi connectivity index (χ1n) is 2.53. The Balaban J connectivity index is 3.58. The van der Waals surface area contributed by atoms with E-state index in [1.54, 1.807) is 0 Å². The minimum Gasteiger partial charge on any atom is -0.321 e. The summed E-state index contributed by atoms with van der Waals surface area (Å²) in [5, 5.41) is 0. The van der Waals surface area contributed by atoms with Gasteiger partial charge in [0.15, 0.2) is 6.29 Å². The third-order valence-corrected chi connectivity index (χ3v) is 1.12. The Morgan fingerprint density at radius 3 is 2.67 bits per heavy atom. The molecule has 0 spiro atoms. The van der Waals surface area contributed by atoms with Crippen LogP contribution >= 0.6 is 11.6 Å². The molecule has 4 heteroatoms. The Labute approximate surface area is 58.2 Å². The van der Waals surface area contributed by atoms with Crippen LogP contribution in [-0.4, -0.2) is 24.0 Å². The summed E-state index contributed by atoms with van der Waals surface area (Å²) in [5.74, 6) is -0.281. The molecule has 1 atom stereocenters. The first-order valence-corrected chi connectivity index (χ1v) is 3.06. The van der Waals surface area contributed by atoms with Gasteiger partial charge in [0.25, 0.3) is 0 Å². The van der Waals surface area contributed by atoms with E-state index in [1.807, 2.05) is 0 Å². The molecule has 0 rings (SSSR count). The number of nitrogens with two attached hydrogens (primary N) is 1. The highest BCUT2D eigenvalue weighted by molar-refractivity contribution is 6.27. The van der Waals surface area contributed by atoms with Crippen LogP contribution in [0.2, 0.25) is 0 Å². The summed E-state index contributed by atoms with van der Waals surface area (Å²) in [6, 6.07) is -0.708. The lowest BCUT2D eigenvalue weighted by molar-refractivity contribution is -0.130. The fourth-order valence-corrected chi connectivity index (χ4v) is 0.582. The average molecular weight is 150 g/mol. The van der Waals surface area contributed by atoms with Gasteiger partial charge in [-0.2, -0.15) is 0 Å². The molecular formula is C5H8ClNO2. The van der Waals surface area contributed by atoms with Crippen LogP contribution in [0.1, 0.15) is 6.42 Å². The molecule has 0 saturated heterocycles. The van der Waals surface area contributed by atoms with E-state index in [4.69, 9.17) is 17.3 Å². The molecule has 0 aromatic heterocycles. The molecule has 0 amide bonds. The lowest BCUT2D eigenvalue weighted by Gasteiger charge is -2.00. The average Bonchev–Trinajstić information content (AvgIpc) is 1.87. The summed E-state index contributed by atoms with van der Waals surface area (Å²) in [5.41, 5.74) is 5.17. The van der Waals surface area contributed by atoms with Crippen LogP contribution in [0.5, 0.6) is 0 Å². The molecule has 0 aromatic rings. The molecule has 0 radical (unpaired) electrons. The number of hydrogen-bond donors (Lipinski definition) is 1. The molecule has 0 fully saturated rings. The molecule has 52 valence electrons. The maximum Gasteiger partial charge on any atom is 0.211 e. The third kappa shape index (κ3) is 3.21. The molecule has 0 aliphatic rings. The van der Waals surface area contributed by atoms with Gasteiger partial charge < -0.3 is 5.73 Å². The predicted octanol–water partition coefficient (Wildman–Crippen LogP) is -0.289. The van der Waals surface area contributed by atoms with Crippen molar-refractivity contribution in [2.24, 2.45) is 5.73 Å². The van der Waals surface area contributed by atoms with Crippen molar-refractivity contribution < 1.29 is 9.59 Å². The van der Waals surface area contributed by atoms with Crippen molar-refractivity contribution >= 4 is 23.7 Å². The number of ketones is 1. The fraction of sp³-hybridized carbons (Fsp3) is 0.600. The summed E-state index contributed by atoms with van der Waals surface area (Å²) in [6.45, 7) is 0. The molecule has 9 heavy (non-hydrogen) atoms. The van der Waals surface area contributed by atoms with Crippen LogP contribution in [0, 0.1) is 0 Å². The Morgan fingerprint density at radius 2 is 2.33 bits per heavy atom. The fourth-order valence-electron chi connectivity index (χ4n) is 0.347. The highest BCUT2D eigenvalue weighted by Crippen LogP contribution is 1.90. The quantitative estimate of drug-likeness (QED) is 0.340. The third-order valence-electron chi connectivity index (χ3n) is 0.902. The summed E-state index contributed by atoms with van der Waals surface area (Å²) < 4.78 is 0. The van der Waals surface area contributed by atoms with E-state index in [0.717, 1.165) is 0 Å². The van der Waals surface area contributed by atoms with Crippen LogP contribution in [-0.2, 0) is 9.59 Å². The summed E-state index contributed by atoms with van der Waals surface area (Å²) in [6.07, 6.45) is 0.580. The van der Waals surface area contributed by atoms with E-state index in [2.05, 4.69) is 0 Å². The number of Topliss-reactive ketones (excluding diaryl/α,β-unsaturated/α-hetero) is 1. The maximum atomic E-state index is 10.4. The minimum atomic E-state index is -0.708. The van der Waals surface area contributed by atoms with Gasteiger partial charge in [-0.25, -0.2) is 0 Å². The number of carbonyl (C=O) groups excluding carboxylic acids is 2. The second kappa shape index (κ2) is 4.47. The van der Waals surface area contributed by atoms with E-state index >= 15 is 0 Å². The Hall–Kier alpha value is -0.410. The van der Waals surface area contributed by atoms with E-state index < -0.39 is 11.8 Å². The SMILES string of the molecule is N[C@@H](CCCl)C(=O)C=O. The molecule has 0 unspecified atom stereocenters. The van der Waals surface area contributed by atoms with Gasteiger partial charge in [-0.15, -0.1) is 11.6 Å². The van der Waals surface area contributed by atoms with Crippen LogP contribution in [0.25, 0.3) is 0 Å². The Bertz CT molecular complexity index is 116. The lowest BCUT2D eigenvalue weighted by atomic mass is 10.2. The predicted molar refractivity (Wildman–Crippen MR) is 34.4 cm³/mol. The number of alkyl halides is 1. The Kier molecular flexibility index (Phi) is 4.26. The lowest BCUT2D eigenvalue weighted by Crippen LogP contribution is -2.31. The molecule has 0 saturated carbocycles. The van der Waals surface area contributed by atoms with Crippen molar-refractivity contribution in [3.05, 3.63) is 0 Å². The van der Waals surface area contributed by atoms with Crippen molar-refractivity contribution in [2.75, 3.05) is 5.88 Å². The highest BCUT2D eigenvalue weighted by Gasteiger charge is 2.09. The summed E-state index contributed by atoms with van der Waals surface area (Å²) in [7, 11) is 0. The molecule has 3 nitrogen and oxygen atoms in total. The minimum absolute atomic E-state index is 0.219. The Morgan fingerprint density at radius 1 is 1.78 bits per heavy atom. The van der Waals surface area contributed by atoms with Gasteiger partial charge >= 0.3 is 0 Å². The van der Waals surface area contributed by atoms with Crippen LogP contribution in [0.3, 0.4) is 0 Å². The highest BCUT2D eigenvalue weighted by atomic mass is 35.5. The molecule has 0 bridgehead atoms. The van der Waals surface area contributed by atoms with Gasteiger partial charge in [0.1, 0.15) is 0 Å². The standard InChI is InChI=1S/C5H8ClNO2/c6-2-1-4(7)5(9)3-8/h3-4H,1-2,7H2/t4-/m0/s1. The van der Waals surface area contributed by atoms with Crippen LogP contribution in [0.15, 0.2) is 0 Å². The van der Waals surface area contributed by atoms with Crippen molar-refractivity contribution in [1.29, 1.82) is 0 Å². The van der Waals surface area contributed by atoms with Gasteiger partial charge in [-0.1, -0.05) is 0 Å². The van der Waals surface area contributed by atoms with E-state index in [1.165, 1.54) is 0 Å². The van der Waals surface area contributed by atoms with Crippen molar-refractivity contribution in [2.45, 2.75) is 12.5 Å². The first kappa shape index (κ1) is 8.59. The van der Waals surface area contributed by atoms with Gasteiger partial charge in [-0.3, -0.25) is 9.59 Å². The monoisotopic (exact) mass is 149 g/mol. The molecule has 0 aliphatic carbocycles. The zero-order valence-corrected chi connectivity index (χ0v) is 5.60. The van der Waals surface area contributed by atoms with Crippen molar-refractivity contribution in [3.8, 4) is 0 Å². The first-order chi connectivity index (χ1) is 4.22. The normalized spacial score (nSPS) is 12.7. The van der Waals surface area contributed by atoms with E-state index in [-0.39, 0.29) is 6.29 Å². The number of halogens is 1. The molecule has 2 N–H and O–H groups in total. The smallest absolute Gasteiger partial charge is 0.211 e. The summed E-state index contributed by atoms with van der Waals surface area (Å²) in [4.78, 5) is 20.1. The molecule has 0 aromatic carbocycles. The van der Waals surface area contributed by atoms with E-state index in [9.17, 15) is 9.59 Å². The molecule has 0 heterocycles. The second-order valence-electron chi connectivity index (χ2n) is 1.60. The van der Waals surface area contributed by atoms with Crippen LogP contribution < -0.4 is 5.73 Å². The zero-order valence-electron chi connectivity index (χ0n) is 4.84. The van der Waals surface area contributed by atoms with Gasteiger partial charge in [0.05, 0.1) is 6.04 Å². The van der Waals surface area contributed by atoms with Crippen molar-refractivity contribution in [3.63, 3.8) is 0 Å². The zero-order chi connectivity index (χ0) is 7.28. The van der Waals surface area contributed by atoms with E-state index in [0.29, 0.717) is 12.3 Å². The second-order valence-corrected chi connectivity index (χ2v) is 1.98. The largest absolute Gasteiger partial charge is 0.321 e. The molecular weight excluding hydrogens is 142 g/mol. The topological polar surface area (TPSA) is 60.2 Å². The number of carbonyl (C=O) groups is 2.